The fourth-order valence-electron chi connectivity index (χ4n) is 3.45. The first-order valence-electron chi connectivity index (χ1n) is 10.0. The molecule has 0 bridgehead atoms. The molecular formula is C21H22ClN3O7S. The van der Waals surface area contributed by atoms with Gasteiger partial charge in [0.2, 0.25) is 10.0 Å². The lowest BCUT2D eigenvalue weighted by atomic mass is 10.00. The van der Waals surface area contributed by atoms with Crippen molar-refractivity contribution in [2.75, 3.05) is 25.0 Å². The van der Waals surface area contributed by atoms with Crippen molar-refractivity contribution >= 4 is 44.9 Å². The number of nitrogens with zero attached hydrogens (tertiary/aromatic N) is 2. The first-order valence-corrected chi connectivity index (χ1v) is 11.9. The second-order valence-corrected chi connectivity index (χ2v) is 9.96. The van der Waals surface area contributed by atoms with Gasteiger partial charge in [-0.1, -0.05) is 17.7 Å². The number of aryl methyl sites for hydroxylation is 1. The maximum Gasteiger partial charge on any atom is 0.310 e. The van der Waals surface area contributed by atoms with E-state index in [2.05, 4.69) is 5.32 Å². The molecule has 1 amide bonds. The number of anilines is 1. The van der Waals surface area contributed by atoms with E-state index in [0.29, 0.717) is 23.4 Å². The number of ether oxygens (including phenoxy) is 1. The number of hydrogen-bond donors (Lipinski definition) is 1. The molecule has 1 fully saturated rings. The zero-order chi connectivity index (χ0) is 24.2. The van der Waals surface area contributed by atoms with Crippen LogP contribution in [0.2, 0.25) is 5.02 Å². The summed E-state index contributed by atoms with van der Waals surface area (Å²) >= 11 is 5.82. The molecule has 1 aliphatic heterocycles. The van der Waals surface area contributed by atoms with Crippen LogP contribution in [0.15, 0.2) is 47.4 Å². The molecule has 1 N–H and O–H groups in total. The van der Waals surface area contributed by atoms with E-state index in [1.165, 1.54) is 40.7 Å². The number of nitro benzene ring substituents is 1. The van der Waals surface area contributed by atoms with Gasteiger partial charge in [-0.3, -0.25) is 19.7 Å². The Morgan fingerprint density at radius 1 is 1.24 bits per heavy atom. The van der Waals surface area contributed by atoms with Crippen LogP contribution >= 0.6 is 11.6 Å². The number of nitrogens with one attached hydrogen (secondary N) is 1. The lowest BCUT2D eigenvalue weighted by Crippen LogP contribution is -2.43. The van der Waals surface area contributed by atoms with Crippen molar-refractivity contribution in [3.63, 3.8) is 0 Å². The monoisotopic (exact) mass is 495 g/mol. The number of esters is 1. The van der Waals surface area contributed by atoms with Gasteiger partial charge in [0.25, 0.3) is 11.6 Å². The zero-order valence-corrected chi connectivity index (χ0v) is 19.3. The van der Waals surface area contributed by atoms with E-state index in [1.54, 1.807) is 13.0 Å². The van der Waals surface area contributed by atoms with E-state index in [0.717, 1.165) is 0 Å². The predicted octanol–water partition coefficient (Wildman–Crippen LogP) is 3.14. The Hall–Kier alpha value is -3.02. The van der Waals surface area contributed by atoms with E-state index in [4.69, 9.17) is 16.3 Å². The lowest BCUT2D eigenvalue weighted by Gasteiger charge is -2.30. The third-order valence-corrected chi connectivity index (χ3v) is 7.27. The van der Waals surface area contributed by atoms with Crippen molar-refractivity contribution in [2.24, 2.45) is 5.92 Å². The van der Waals surface area contributed by atoms with Crippen LogP contribution in [0.4, 0.5) is 11.4 Å². The number of carbonyl (C=O) groups is 2. The molecular weight excluding hydrogens is 474 g/mol. The molecule has 1 aliphatic rings. The molecule has 0 aliphatic carbocycles. The number of halogens is 1. The van der Waals surface area contributed by atoms with Gasteiger partial charge in [-0.15, -0.1) is 0 Å². The van der Waals surface area contributed by atoms with Gasteiger partial charge < -0.3 is 10.1 Å². The van der Waals surface area contributed by atoms with Gasteiger partial charge in [0.05, 0.1) is 15.7 Å². The van der Waals surface area contributed by atoms with Crippen molar-refractivity contribution < 1.29 is 27.7 Å². The van der Waals surface area contributed by atoms with Crippen LogP contribution in [-0.4, -0.2) is 49.2 Å². The van der Waals surface area contributed by atoms with Crippen molar-refractivity contribution in [3.05, 3.63) is 63.2 Å². The molecule has 0 spiro atoms. The smallest absolute Gasteiger partial charge is 0.310 e. The Bertz CT molecular complexity index is 1170. The van der Waals surface area contributed by atoms with Gasteiger partial charge >= 0.3 is 5.97 Å². The summed E-state index contributed by atoms with van der Waals surface area (Å²) < 4.78 is 32.0. The van der Waals surface area contributed by atoms with Crippen LogP contribution in [0.3, 0.4) is 0 Å². The van der Waals surface area contributed by atoms with Crippen LogP contribution in [-0.2, 0) is 24.3 Å². The Morgan fingerprint density at radius 3 is 2.61 bits per heavy atom. The second kappa shape index (κ2) is 10.3. The average Bonchev–Trinajstić information content (AvgIpc) is 2.79. The number of rotatable bonds is 7. The zero-order valence-electron chi connectivity index (χ0n) is 17.7. The Kier molecular flexibility index (Phi) is 7.67. The molecule has 0 saturated carbocycles. The highest BCUT2D eigenvalue weighted by molar-refractivity contribution is 7.89. The number of hydrogen-bond acceptors (Lipinski definition) is 7. The van der Waals surface area contributed by atoms with Crippen LogP contribution in [0, 0.1) is 23.0 Å². The largest absolute Gasteiger partial charge is 0.455 e. The second-order valence-electron chi connectivity index (χ2n) is 7.59. The minimum atomic E-state index is -3.81. The molecule has 176 valence electrons. The van der Waals surface area contributed by atoms with Gasteiger partial charge in [-0.25, -0.2) is 8.42 Å². The summed E-state index contributed by atoms with van der Waals surface area (Å²) in [4.78, 5) is 35.3. The minimum Gasteiger partial charge on any atom is -0.455 e. The highest BCUT2D eigenvalue weighted by Crippen LogP contribution is 2.27. The van der Waals surface area contributed by atoms with Gasteiger partial charge in [0.1, 0.15) is 5.69 Å². The normalized spacial score (nSPS) is 16.7. The van der Waals surface area contributed by atoms with Gasteiger partial charge in [-0.05, 0) is 55.7 Å². The summed E-state index contributed by atoms with van der Waals surface area (Å²) in [5.41, 5.74) is 0.371. The molecule has 0 radical (unpaired) electrons. The average molecular weight is 496 g/mol. The predicted molar refractivity (Wildman–Crippen MR) is 120 cm³/mol. The van der Waals surface area contributed by atoms with Crippen LogP contribution in [0.1, 0.15) is 18.4 Å². The third kappa shape index (κ3) is 6.06. The molecule has 10 nitrogen and oxygen atoms in total. The number of benzene rings is 2. The Balaban J connectivity index is 1.59. The first-order chi connectivity index (χ1) is 15.6. The number of carbonyl (C=O) groups excluding carboxylic acids is 2. The lowest BCUT2D eigenvalue weighted by molar-refractivity contribution is -0.384. The molecule has 1 saturated heterocycles. The number of nitro groups is 1. The summed E-state index contributed by atoms with van der Waals surface area (Å²) in [6, 6.07) is 10.1. The molecule has 33 heavy (non-hydrogen) atoms. The molecule has 12 heteroatoms. The van der Waals surface area contributed by atoms with Crippen LogP contribution < -0.4 is 5.32 Å². The fraction of sp³-hybridized carbons (Fsp3) is 0.333. The Morgan fingerprint density at radius 2 is 1.94 bits per heavy atom. The van der Waals surface area contributed by atoms with Crippen molar-refractivity contribution in [2.45, 2.75) is 24.7 Å². The molecule has 1 heterocycles. The molecule has 1 unspecified atom stereocenters. The highest BCUT2D eigenvalue weighted by Gasteiger charge is 2.34. The number of sulfonamides is 1. The van der Waals surface area contributed by atoms with E-state index >= 15 is 0 Å². The molecule has 2 aromatic rings. The van der Waals surface area contributed by atoms with E-state index in [9.17, 15) is 28.1 Å². The SMILES string of the molecule is Cc1ccc(NC(=O)COC(=O)C2CCCN(S(=O)(=O)c3ccc(Cl)cc3)C2)c([N+](=O)[O-])c1. The van der Waals surface area contributed by atoms with E-state index < -0.39 is 39.3 Å². The minimum absolute atomic E-state index is 0.00968. The van der Waals surface area contributed by atoms with Gasteiger partial charge in [-0.2, -0.15) is 4.31 Å². The summed E-state index contributed by atoms with van der Waals surface area (Å²) in [6.07, 6.45) is 0.866. The van der Waals surface area contributed by atoms with Crippen LogP contribution in [0.5, 0.6) is 0 Å². The highest BCUT2D eigenvalue weighted by atomic mass is 35.5. The number of piperidine rings is 1. The molecule has 2 aromatic carbocycles. The molecule has 0 aromatic heterocycles. The quantitative estimate of drug-likeness (QED) is 0.354. The summed E-state index contributed by atoms with van der Waals surface area (Å²) in [7, 11) is -3.81. The molecule has 1 atom stereocenters. The maximum atomic E-state index is 12.9. The third-order valence-electron chi connectivity index (χ3n) is 5.14. The summed E-state index contributed by atoms with van der Waals surface area (Å²) in [6.45, 7) is 1.21. The van der Waals surface area contributed by atoms with Crippen LogP contribution in [0.25, 0.3) is 0 Å². The van der Waals surface area contributed by atoms with E-state index in [-0.39, 0.29) is 29.4 Å². The number of amides is 1. The summed E-state index contributed by atoms with van der Waals surface area (Å²) in [5.74, 6) is -2.18. The summed E-state index contributed by atoms with van der Waals surface area (Å²) in [5, 5.41) is 13.9. The van der Waals surface area contributed by atoms with Crippen molar-refractivity contribution in [1.82, 2.24) is 4.31 Å². The van der Waals surface area contributed by atoms with Crippen molar-refractivity contribution in [1.29, 1.82) is 0 Å². The van der Waals surface area contributed by atoms with Gasteiger partial charge in [0.15, 0.2) is 6.61 Å². The first kappa shape index (κ1) is 24.6. The van der Waals surface area contributed by atoms with Crippen molar-refractivity contribution in [3.8, 4) is 0 Å². The van der Waals surface area contributed by atoms with Gasteiger partial charge in [0, 0.05) is 24.2 Å². The topological polar surface area (TPSA) is 136 Å². The fourth-order valence-corrected chi connectivity index (χ4v) is 5.10. The Labute approximate surface area is 195 Å². The molecule has 3 rings (SSSR count). The maximum absolute atomic E-state index is 12.9. The standard InChI is InChI=1S/C21H22ClN3O7S/c1-14-4-9-18(19(11-14)25(28)29)23-20(26)13-32-21(27)15-3-2-10-24(12-15)33(30,31)17-7-5-16(22)6-8-17/h4-9,11,15H,2-3,10,12-13H2,1H3,(H,23,26). The van der Waals surface area contributed by atoms with E-state index in [1.807, 2.05) is 0 Å².